The smallest absolute Gasteiger partial charge is 0.191 e. The molecule has 0 radical (unpaired) electrons. The fourth-order valence-electron chi connectivity index (χ4n) is 2.50. The third-order valence-electron chi connectivity index (χ3n) is 4.06. The second-order valence-electron chi connectivity index (χ2n) is 5.89. The Hall–Kier alpha value is -0.600. The van der Waals surface area contributed by atoms with Gasteiger partial charge in [-0.05, 0) is 57.1 Å². The number of hydrogen-bond donors (Lipinski definition) is 2. The maximum Gasteiger partial charge on any atom is 0.191 e. The number of aliphatic imine (C=N–C) groups is 1. The normalized spacial score (nSPS) is 12.7. The Morgan fingerprint density at radius 1 is 1.32 bits per heavy atom. The molecule has 1 unspecified atom stereocenters. The average Bonchev–Trinajstić information content (AvgIpc) is 2.58. The van der Waals surface area contributed by atoms with Gasteiger partial charge in [-0.2, -0.15) is 0 Å². The van der Waals surface area contributed by atoms with Crippen LogP contribution in [0, 0.1) is 5.82 Å². The fraction of sp³-hybridized carbons (Fsp3) is 0.611. The summed E-state index contributed by atoms with van der Waals surface area (Å²) in [5.41, 5.74) is 0.915. The van der Waals surface area contributed by atoms with Crippen LogP contribution in [0.25, 0.3) is 0 Å². The first-order valence-electron chi connectivity index (χ1n) is 8.63. The van der Waals surface area contributed by atoms with Gasteiger partial charge in [-0.1, -0.05) is 31.5 Å². The Kier molecular flexibility index (Phi) is 13.3. The second kappa shape index (κ2) is 13.6. The highest BCUT2D eigenvalue weighted by Gasteiger charge is 2.07. The lowest BCUT2D eigenvalue weighted by atomic mass is 10.2. The maximum atomic E-state index is 13.2. The summed E-state index contributed by atoms with van der Waals surface area (Å²) in [6.45, 7) is 10.4. The van der Waals surface area contributed by atoms with Crippen LogP contribution >= 0.6 is 35.6 Å². The Morgan fingerprint density at radius 2 is 2.00 bits per heavy atom. The zero-order valence-electron chi connectivity index (χ0n) is 15.6. The van der Waals surface area contributed by atoms with E-state index in [0.29, 0.717) is 12.6 Å². The van der Waals surface area contributed by atoms with Gasteiger partial charge in [0.2, 0.25) is 0 Å². The van der Waals surface area contributed by atoms with Gasteiger partial charge in [0.1, 0.15) is 5.82 Å². The molecule has 25 heavy (non-hydrogen) atoms. The Balaban J connectivity index is 0.00000576. The van der Waals surface area contributed by atoms with Gasteiger partial charge in [0, 0.05) is 19.6 Å². The summed E-state index contributed by atoms with van der Waals surface area (Å²) in [6.07, 6.45) is 2.24. The molecule has 0 aliphatic carbocycles. The number of halogens is 3. The van der Waals surface area contributed by atoms with E-state index < -0.39 is 5.82 Å². The van der Waals surface area contributed by atoms with Crippen molar-refractivity contribution in [2.24, 2.45) is 4.99 Å². The lowest BCUT2D eigenvalue weighted by Crippen LogP contribution is -2.42. The first-order chi connectivity index (χ1) is 11.5. The molecule has 0 aliphatic rings. The van der Waals surface area contributed by atoms with E-state index in [1.165, 1.54) is 6.07 Å². The number of hydrogen-bond acceptors (Lipinski definition) is 2. The molecule has 0 spiro atoms. The van der Waals surface area contributed by atoms with Crippen LogP contribution in [0.2, 0.25) is 5.02 Å². The molecule has 144 valence electrons. The van der Waals surface area contributed by atoms with Crippen LogP contribution in [-0.2, 0) is 6.54 Å². The van der Waals surface area contributed by atoms with E-state index in [1.807, 2.05) is 0 Å². The molecule has 1 atom stereocenters. The van der Waals surface area contributed by atoms with Gasteiger partial charge >= 0.3 is 0 Å². The molecule has 0 bridgehead atoms. The largest absolute Gasteiger partial charge is 0.354 e. The van der Waals surface area contributed by atoms with Gasteiger partial charge in [-0.3, -0.25) is 4.99 Å². The SMILES string of the molecule is CCN(CC)CCCC(C)NC(=NC)NCc1ccc(F)c(Cl)c1.I. The van der Waals surface area contributed by atoms with Crippen LogP contribution < -0.4 is 10.6 Å². The van der Waals surface area contributed by atoms with E-state index in [1.54, 1.807) is 19.2 Å². The van der Waals surface area contributed by atoms with Gasteiger partial charge in [0.15, 0.2) is 5.96 Å². The predicted molar refractivity (Wildman–Crippen MR) is 117 cm³/mol. The highest BCUT2D eigenvalue weighted by Crippen LogP contribution is 2.15. The minimum Gasteiger partial charge on any atom is -0.354 e. The third kappa shape index (κ3) is 9.61. The number of rotatable bonds is 9. The summed E-state index contributed by atoms with van der Waals surface area (Å²) in [7, 11) is 1.75. The van der Waals surface area contributed by atoms with E-state index in [4.69, 9.17) is 11.6 Å². The fourth-order valence-corrected chi connectivity index (χ4v) is 2.70. The molecule has 0 saturated heterocycles. The molecule has 2 N–H and O–H groups in total. The topological polar surface area (TPSA) is 39.7 Å². The first-order valence-corrected chi connectivity index (χ1v) is 9.01. The molecule has 0 amide bonds. The molecular weight excluding hydrogens is 454 g/mol. The summed E-state index contributed by atoms with van der Waals surface area (Å²) >= 11 is 5.80. The van der Waals surface area contributed by atoms with Gasteiger partial charge < -0.3 is 15.5 Å². The summed E-state index contributed by atoms with van der Waals surface area (Å²) < 4.78 is 13.2. The minimum atomic E-state index is -0.398. The van der Waals surface area contributed by atoms with Gasteiger partial charge in [-0.15, -0.1) is 24.0 Å². The molecule has 1 aromatic rings. The number of guanidine groups is 1. The molecule has 1 rings (SSSR count). The lowest BCUT2D eigenvalue weighted by Gasteiger charge is -2.21. The van der Waals surface area contributed by atoms with E-state index >= 15 is 0 Å². The molecule has 0 aromatic heterocycles. The summed E-state index contributed by atoms with van der Waals surface area (Å²) in [5.74, 6) is 0.343. The first kappa shape index (κ1) is 24.4. The van der Waals surface area contributed by atoms with Crippen molar-refractivity contribution in [3.63, 3.8) is 0 Å². The van der Waals surface area contributed by atoms with Crippen LogP contribution in [0.4, 0.5) is 4.39 Å². The molecule has 0 heterocycles. The summed E-state index contributed by atoms with van der Waals surface area (Å²) in [5, 5.41) is 6.76. The maximum absolute atomic E-state index is 13.2. The van der Waals surface area contributed by atoms with Crippen molar-refractivity contribution in [3.8, 4) is 0 Å². The van der Waals surface area contributed by atoms with E-state index in [9.17, 15) is 4.39 Å². The molecule has 0 aliphatic heterocycles. The van der Waals surface area contributed by atoms with Crippen LogP contribution in [0.5, 0.6) is 0 Å². The van der Waals surface area contributed by atoms with Crippen molar-refractivity contribution in [3.05, 3.63) is 34.6 Å². The van der Waals surface area contributed by atoms with Crippen LogP contribution in [0.3, 0.4) is 0 Å². The zero-order chi connectivity index (χ0) is 17.9. The van der Waals surface area contributed by atoms with Crippen molar-refractivity contribution < 1.29 is 4.39 Å². The van der Waals surface area contributed by atoms with Crippen LogP contribution in [0.1, 0.15) is 39.2 Å². The number of benzene rings is 1. The average molecular weight is 485 g/mol. The minimum absolute atomic E-state index is 0. The highest BCUT2D eigenvalue weighted by molar-refractivity contribution is 14.0. The quantitative estimate of drug-likeness (QED) is 0.312. The van der Waals surface area contributed by atoms with Crippen molar-refractivity contribution >= 4 is 41.5 Å². The predicted octanol–water partition coefficient (Wildman–Crippen LogP) is 4.27. The van der Waals surface area contributed by atoms with Gasteiger partial charge in [0.25, 0.3) is 0 Å². The standard InChI is InChI=1S/C18H30ClFN4.HI/c1-5-24(6-2)11-7-8-14(3)23-18(21-4)22-13-15-9-10-17(20)16(19)12-15;/h9-10,12,14H,5-8,11,13H2,1-4H3,(H2,21,22,23);1H. The Labute approximate surface area is 173 Å². The van der Waals surface area contributed by atoms with Crippen LogP contribution in [0.15, 0.2) is 23.2 Å². The van der Waals surface area contributed by atoms with Crippen molar-refractivity contribution in [2.45, 2.75) is 46.2 Å². The molecule has 1 aromatic carbocycles. The molecule has 4 nitrogen and oxygen atoms in total. The van der Waals surface area contributed by atoms with E-state index in [-0.39, 0.29) is 29.0 Å². The molecule has 0 saturated carbocycles. The van der Waals surface area contributed by atoms with Crippen LogP contribution in [-0.4, -0.2) is 43.6 Å². The van der Waals surface area contributed by atoms with Gasteiger partial charge in [-0.25, -0.2) is 4.39 Å². The van der Waals surface area contributed by atoms with E-state index in [0.717, 1.165) is 44.0 Å². The number of nitrogens with zero attached hydrogens (tertiary/aromatic N) is 2. The van der Waals surface area contributed by atoms with E-state index in [2.05, 4.69) is 41.3 Å². The van der Waals surface area contributed by atoms with Crippen molar-refractivity contribution in [1.82, 2.24) is 15.5 Å². The Morgan fingerprint density at radius 3 is 2.56 bits per heavy atom. The summed E-state index contributed by atoms with van der Waals surface area (Å²) in [6, 6.07) is 5.06. The second-order valence-corrected chi connectivity index (χ2v) is 6.30. The molecule has 0 fully saturated rings. The van der Waals surface area contributed by atoms with Gasteiger partial charge in [0.05, 0.1) is 5.02 Å². The molecular formula is C18H31ClFIN4. The number of nitrogens with one attached hydrogen (secondary N) is 2. The summed E-state index contributed by atoms with van der Waals surface area (Å²) in [4.78, 5) is 6.66. The lowest BCUT2D eigenvalue weighted by molar-refractivity contribution is 0.292. The van der Waals surface area contributed by atoms with Crippen molar-refractivity contribution in [2.75, 3.05) is 26.7 Å². The Bertz CT molecular complexity index is 524. The van der Waals surface area contributed by atoms with Crippen molar-refractivity contribution in [1.29, 1.82) is 0 Å². The zero-order valence-corrected chi connectivity index (χ0v) is 18.7. The molecule has 7 heteroatoms. The third-order valence-corrected chi connectivity index (χ3v) is 4.35. The highest BCUT2D eigenvalue weighted by atomic mass is 127. The monoisotopic (exact) mass is 484 g/mol.